The summed E-state index contributed by atoms with van der Waals surface area (Å²) in [5.41, 5.74) is 1.15. The zero-order valence-corrected chi connectivity index (χ0v) is 8.47. The Morgan fingerprint density at radius 3 is 2.25 bits per heavy atom. The lowest BCUT2D eigenvalue weighted by Crippen LogP contribution is -2.09. The maximum atomic E-state index is 5.35. The van der Waals surface area contributed by atoms with Gasteiger partial charge in [0, 0.05) is 6.61 Å². The van der Waals surface area contributed by atoms with E-state index in [0.717, 1.165) is 12.2 Å². The van der Waals surface area contributed by atoms with Crippen molar-refractivity contribution >= 4 is 0 Å². The molecule has 70 valence electrons. The largest absolute Gasteiger partial charge is 0.374 e. The minimum Gasteiger partial charge on any atom is -0.374 e. The third kappa shape index (κ3) is 5.93. The molecule has 0 saturated heterocycles. The molecule has 0 radical (unpaired) electrons. The molecule has 1 heteroatoms. The molecule has 12 heavy (non-hydrogen) atoms. The highest BCUT2D eigenvalue weighted by Crippen LogP contribution is 2.06. The first-order valence-electron chi connectivity index (χ1n) is 4.16. The molecular formula is C11H20O. The lowest BCUT2D eigenvalue weighted by atomic mass is 10.1. The fourth-order valence-electron chi connectivity index (χ4n) is 0.865. The highest BCUT2D eigenvalue weighted by atomic mass is 16.5. The molecule has 0 spiro atoms. The van der Waals surface area contributed by atoms with Crippen molar-refractivity contribution in [1.82, 2.24) is 0 Å². The minimum absolute atomic E-state index is 0.187. The van der Waals surface area contributed by atoms with Gasteiger partial charge in [-0.15, -0.1) is 13.2 Å². The Hall–Kier alpha value is -0.820. The van der Waals surface area contributed by atoms with Crippen LogP contribution in [0.2, 0.25) is 0 Å². The van der Waals surface area contributed by atoms with E-state index in [4.69, 9.17) is 4.74 Å². The molecule has 0 saturated carbocycles. The van der Waals surface area contributed by atoms with Gasteiger partial charge in [-0.3, -0.25) is 0 Å². The predicted octanol–water partition coefficient (Wildman–Crippen LogP) is 3.35. The van der Waals surface area contributed by atoms with Crippen LogP contribution in [0.4, 0.5) is 0 Å². The predicted molar refractivity (Wildman–Crippen MR) is 56.3 cm³/mol. The van der Waals surface area contributed by atoms with Gasteiger partial charge in [0.15, 0.2) is 0 Å². The second-order valence-electron chi connectivity index (χ2n) is 2.09. The van der Waals surface area contributed by atoms with Crippen molar-refractivity contribution in [3.63, 3.8) is 0 Å². The van der Waals surface area contributed by atoms with Crippen LogP contribution < -0.4 is 0 Å². The van der Waals surface area contributed by atoms with Gasteiger partial charge in [-0.2, -0.15) is 0 Å². The molecule has 0 aliphatic rings. The lowest BCUT2D eigenvalue weighted by molar-refractivity contribution is 0.104. The van der Waals surface area contributed by atoms with Crippen LogP contribution in [0, 0.1) is 0 Å². The molecule has 0 N–H and O–H groups in total. The molecule has 1 unspecified atom stereocenters. The quantitative estimate of drug-likeness (QED) is 0.462. The van der Waals surface area contributed by atoms with Gasteiger partial charge in [0.05, 0.1) is 6.10 Å². The van der Waals surface area contributed by atoms with Gasteiger partial charge in [-0.05, 0) is 26.3 Å². The van der Waals surface area contributed by atoms with Gasteiger partial charge in [-0.25, -0.2) is 0 Å². The molecule has 0 heterocycles. The summed E-state index contributed by atoms with van der Waals surface area (Å²) < 4.78 is 5.35. The van der Waals surface area contributed by atoms with E-state index in [-0.39, 0.29) is 6.10 Å². The Labute approximate surface area is 76.4 Å². The molecule has 0 amide bonds. The smallest absolute Gasteiger partial charge is 0.0793 e. The third-order valence-corrected chi connectivity index (χ3v) is 1.46. The zero-order valence-electron chi connectivity index (χ0n) is 8.47. The van der Waals surface area contributed by atoms with Crippen LogP contribution in [-0.2, 0) is 4.74 Å². The average Bonchev–Trinajstić information content (AvgIpc) is 2.11. The van der Waals surface area contributed by atoms with E-state index in [1.807, 2.05) is 32.9 Å². The number of hydrogen-bond donors (Lipinski definition) is 0. The highest BCUT2D eigenvalue weighted by molar-refractivity contribution is 5.19. The van der Waals surface area contributed by atoms with Crippen LogP contribution in [0.15, 0.2) is 37.5 Å². The summed E-state index contributed by atoms with van der Waals surface area (Å²) in [6, 6.07) is 0. The minimum atomic E-state index is 0.187. The Kier molecular flexibility index (Phi) is 11.7. The maximum absolute atomic E-state index is 5.35. The van der Waals surface area contributed by atoms with E-state index >= 15 is 0 Å². The highest BCUT2D eigenvalue weighted by Gasteiger charge is 2.01. The van der Waals surface area contributed by atoms with Gasteiger partial charge in [0.25, 0.3) is 0 Å². The maximum Gasteiger partial charge on any atom is 0.0793 e. The Morgan fingerprint density at radius 2 is 2.00 bits per heavy atom. The van der Waals surface area contributed by atoms with Crippen LogP contribution in [0.25, 0.3) is 0 Å². The van der Waals surface area contributed by atoms with Crippen molar-refractivity contribution in [3.05, 3.63) is 37.5 Å². The van der Waals surface area contributed by atoms with E-state index in [9.17, 15) is 0 Å². The van der Waals surface area contributed by atoms with Crippen molar-refractivity contribution in [3.8, 4) is 0 Å². The second-order valence-corrected chi connectivity index (χ2v) is 2.09. The molecule has 0 rings (SSSR count). The Bertz CT molecular complexity index is 136. The first-order valence-corrected chi connectivity index (χ1v) is 4.16. The molecule has 0 aliphatic heterocycles. The van der Waals surface area contributed by atoms with Crippen molar-refractivity contribution in [2.75, 3.05) is 6.61 Å². The molecule has 0 aromatic rings. The van der Waals surface area contributed by atoms with Gasteiger partial charge in [0.1, 0.15) is 0 Å². The first kappa shape index (κ1) is 13.7. The van der Waals surface area contributed by atoms with Crippen LogP contribution >= 0.6 is 0 Å². The first-order chi connectivity index (χ1) is 5.76. The lowest BCUT2D eigenvalue weighted by Gasteiger charge is -2.11. The zero-order chi connectivity index (χ0) is 9.98. The molecule has 0 aromatic heterocycles. The van der Waals surface area contributed by atoms with E-state index < -0.39 is 0 Å². The number of rotatable bonds is 4. The SMILES string of the molecule is C=C.C=C/C(=C\C)C(C)OCC. The normalized spacial score (nSPS) is 12.8. The summed E-state index contributed by atoms with van der Waals surface area (Å²) in [5, 5.41) is 0. The summed E-state index contributed by atoms with van der Waals surface area (Å²) in [4.78, 5) is 0. The summed E-state index contributed by atoms with van der Waals surface area (Å²) in [6.45, 7) is 16.5. The molecule has 0 aromatic carbocycles. The second kappa shape index (κ2) is 10.2. The fraction of sp³-hybridized carbons (Fsp3) is 0.455. The van der Waals surface area contributed by atoms with Crippen LogP contribution in [0.1, 0.15) is 20.8 Å². The van der Waals surface area contributed by atoms with Crippen LogP contribution in [0.5, 0.6) is 0 Å². The third-order valence-electron chi connectivity index (χ3n) is 1.46. The van der Waals surface area contributed by atoms with E-state index in [2.05, 4.69) is 19.7 Å². The number of allylic oxidation sites excluding steroid dienone is 1. The summed E-state index contributed by atoms with van der Waals surface area (Å²) in [6.07, 6.45) is 4.04. The van der Waals surface area contributed by atoms with Gasteiger partial charge < -0.3 is 4.74 Å². The summed E-state index contributed by atoms with van der Waals surface area (Å²) >= 11 is 0. The molecule has 0 fully saturated rings. The monoisotopic (exact) mass is 168 g/mol. The summed E-state index contributed by atoms with van der Waals surface area (Å²) in [7, 11) is 0. The van der Waals surface area contributed by atoms with Crippen molar-refractivity contribution in [1.29, 1.82) is 0 Å². The van der Waals surface area contributed by atoms with Gasteiger partial charge in [0.2, 0.25) is 0 Å². The summed E-state index contributed by atoms with van der Waals surface area (Å²) in [5.74, 6) is 0. The molecule has 1 nitrogen and oxygen atoms in total. The molecule has 1 atom stereocenters. The molecular weight excluding hydrogens is 148 g/mol. The number of ether oxygens (including phenoxy) is 1. The Morgan fingerprint density at radius 1 is 1.50 bits per heavy atom. The molecule has 0 aliphatic carbocycles. The van der Waals surface area contributed by atoms with E-state index in [0.29, 0.717) is 0 Å². The Balaban J connectivity index is 0. The van der Waals surface area contributed by atoms with Crippen LogP contribution in [-0.4, -0.2) is 12.7 Å². The van der Waals surface area contributed by atoms with Gasteiger partial charge >= 0.3 is 0 Å². The van der Waals surface area contributed by atoms with Crippen molar-refractivity contribution in [2.24, 2.45) is 0 Å². The number of hydrogen-bond acceptors (Lipinski definition) is 1. The van der Waals surface area contributed by atoms with Crippen LogP contribution in [0.3, 0.4) is 0 Å². The fourth-order valence-corrected chi connectivity index (χ4v) is 0.865. The van der Waals surface area contributed by atoms with Crippen molar-refractivity contribution < 1.29 is 4.74 Å². The van der Waals surface area contributed by atoms with Crippen molar-refractivity contribution in [2.45, 2.75) is 26.9 Å². The standard InChI is InChI=1S/C9H16O.C2H4/c1-5-9(6-2)8(4)10-7-3;1-2/h5-6,8H,1,7H2,2-4H3;1-2H2/b9-6+;. The van der Waals surface area contributed by atoms with E-state index in [1.165, 1.54) is 0 Å². The van der Waals surface area contributed by atoms with E-state index in [1.54, 1.807) is 0 Å². The van der Waals surface area contributed by atoms with Gasteiger partial charge in [-0.1, -0.05) is 18.7 Å². The average molecular weight is 168 g/mol. The molecule has 0 bridgehead atoms. The topological polar surface area (TPSA) is 9.23 Å².